The van der Waals surface area contributed by atoms with E-state index in [0.29, 0.717) is 25.3 Å². The Morgan fingerprint density at radius 3 is 2.79 bits per heavy atom. The van der Waals surface area contributed by atoms with Crippen molar-refractivity contribution in [1.82, 2.24) is 4.98 Å². The Hall–Kier alpha value is -2.21. The first-order chi connectivity index (χ1) is 9.19. The largest absolute Gasteiger partial charge is 0.364 e. The molecule has 0 saturated carbocycles. The number of rotatable bonds is 5. The van der Waals surface area contributed by atoms with Crippen LogP contribution in [0.4, 0.5) is 11.4 Å². The fraction of sp³-hybridized carbons (Fsp3) is 0.308. The Morgan fingerprint density at radius 2 is 2.16 bits per heavy atom. The molecular formula is C13H16N4O2. The third-order valence-electron chi connectivity index (χ3n) is 3.02. The molecule has 0 atom stereocenters. The van der Waals surface area contributed by atoms with Gasteiger partial charge in [0.1, 0.15) is 11.9 Å². The molecule has 2 aromatic rings. The highest BCUT2D eigenvalue weighted by Gasteiger charge is 2.21. The molecule has 100 valence electrons. The summed E-state index contributed by atoms with van der Waals surface area (Å²) in [5.74, 6) is 0. The van der Waals surface area contributed by atoms with E-state index in [9.17, 15) is 10.1 Å². The minimum atomic E-state index is -0.395. The molecule has 0 radical (unpaired) electrons. The van der Waals surface area contributed by atoms with E-state index in [-0.39, 0.29) is 5.69 Å². The van der Waals surface area contributed by atoms with E-state index >= 15 is 0 Å². The number of nitrogens with two attached hydrogens (primary N) is 1. The van der Waals surface area contributed by atoms with Crippen LogP contribution < -0.4 is 10.6 Å². The smallest absolute Gasteiger partial charge is 0.311 e. The van der Waals surface area contributed by atoms with Crippen molar-refractivity contribution >= 4 is 22.3 Å². The third kappa shape index (κ3) is 2.48. The number of hydrogen-bond acceptors (Lipinski definition) is 5. The number of benzene rings is 1. The first kappa shape index (κ1) is 13.2. The molecule has 0 spiro atoms. The molecule has 0 aliphatic rings. The molecule has 0 amide bonds. The van der Waals surface area contributed by atoms with E-state index in [1.807, 2.05) is 36.1 Å². The lowest BCUT2D eigenvalue weighted by atomic mass is 10.1. The van der Waals surface area contributed by atoms with E-state index in [2.05, 4.69) is 4.98 Å². The molecule has 0 bridgehead atoms. The van der Waals surface area contributed by atoms with Gasteiger partial charge in [-0.15, -0.1) is 0 Å². The van der Waals surface area contributed by atoms with Crippen LogP contribution in [0.25, 0.3) is 10.9 Å². The SMILES string of the molecule is CCN(CCN)c1c([N+](=O)[O-])cnc2ccccc12. The van der Waals surface area contributed by atoms with Crippen molar-refractivity contribution in [3.8, 4) is 0 Å². The highest BCUT2D eigenvalue weighted by molar-refractivity contribution is 5.96. The van der Waals surface area contributed by atoms with E-state index in [4.69, 9.17) is 5.73 Å². The zero-order valence-corrected chi connectivity index (χ0v) is 10.7. The zero-order valence-electron chi connectivity index (χ0n) is 10.7. The summed E-state index contributed by atoms with van der Waals surface area (Å²) in [5.41, 5.74) is 6.96. The fourth-order valence-corrected chi connectivity index (χ4v) is 2.17. The summed E-state index contributed by atoms with van der Waals surface area (Å²) in [6, 6.07) is 7.42. The number of hydrogen-bond donors (Lipinski definition) is 1. The number of fused-ring (bicyclic) bond motifs is 1. The maximum absolute atomic E-state index is 11.2. The summed E-state index contributed by atoms with van der Waals surface area (Å²) < 4.78 is 0. The number of para-hydroxylation sites is 1. The second-order valence-electron chi connectivity index (χ2n) is 4.13. The topological polar surface area (TPSA) is 85.3 Å². The second-order valence-corrected chi connectivity index (χ2v) is 4.13. The number of pyridine rings is 1. The van der Waals surface area contributed by atoms with Gasteiger partial charge in [-0.3, -0.25) is 10.1 Å². The molecule has 6 heteroatoms. The lowest BCUT2D eigenvalue weighted by Crippen LogP contribution is -2.29. The van der Waals surface area contributed by atoms with Crippen molar-refractivity contribution in [2.45, 2.75) is 6.92 Å². The van der Waals surface area contributed by atoms with Crippen LogP contribution in [-0.4, -0.2) is 29.5 Å². The second kappa shape index (κ2) is 5.62. The Morgan fingerprint density at radius 1 is 1.42 bits per heavy atom. The van der Waals surface area contributed by atoms with Gasteiger partial charge in [0.15, 0.2) is 0 Å². The number of aromatic nitrogens is 1. The van der Waals surface area contributed by atoms with Gasteiger partial charge in [-0.25, -0.2) is 4.98 Å². The quantitative estimate of drug-likeness (QED) is 0.655. The summed E-state index contributed by atoms with van der Waals surface area (Å²) in [6.45, 7) is 3.63. The number of likely N-dealkylation sites (N-methyl/N-ethyl adjacent to an activating group) is 1. The Kier molecular flexibility index (Phi) is 3.91. The van der Waals surface area contributed by atoms with Crippen LogP contribution >= 0.6 is 0 Å². The van der Waals surface area contributed by atoms with Gasteiger partial charge in [0, 0.05) is 25.0 Å². The van der Waals surface area contributed by atoms with Gasteiger partial charge in [0.25, 0.3) is 0 Å². The predicted octanol–water partition coefficient (Wildman–Crippen LogP) is 1.93. The number of nitro groups is 1. The molecule has 0 aliphatic carbocycles. The lowest BCUT2D eigenvalue weighted by Gasteiger charge is -2.23. The molecule has 6 nitrogen and oxygen atoms in total. The third-order valence-corrected chi connectivity index (χ3v) is 3.02. The van der Waals surface area contributed by atoms with Gasteiger partial charge in [-0.05, 0) is 13.0 Å². The van der Waals surface area contributed by atoms with Crippen LogP contribution in [0.15, 0.2) is 30.5 Å². The first-order valence-corrected chi connectivity index (χ1v) is 6.16. The van der Waals surface area contributed by atoms with Gasteiger partial charge in [-0.1, -0.05) is 18.2 Å². The van der Waals surface area contributed by atoms with Gasteiger partial charge < -0.3 is 10.6 Å². The van der Waals surface area contributed by atoms with Crippen molar-refractivity contribution in [3.63, 3.8) is 0 Å². The van der Waals surface area contributed by atoms with Crippen molar-refractivity contribution in [2.24, 2.45) is 5.73 Å². The zero-order chi connectivity index (χ0) is 13.8. The van der Waals surface area contributed by atoms with Crippen molar-refractivity contribution in [2.75, 3.05) is 24.5 Å². The summed E-state index contributed by atoms with van der Waals surface area (Å²) in [7, 11) is 0. The molecule has 1 aromatic heterocycles. The molecular weight excluding hydrogens is 244 g/mol. The average Bonchev–Trinajstić information content (AvgIpc) is 2.43. The maximum atomic E-state index is 11.2. The van der Waals surface area contributed by atoms with Crippen LogP contribution in [0.1, 0.15) is 6.92 Å². The van der Waals surface area contributed by atoms with Gasteiger partial charge in [0.2, 0.25) is 0 Å². The Labute approximate surface area is 111 Å². The average molecular weight is 260 g/mol. The molecule has 0 unspecified atom stereocenters. The van der Waals surface area contributed by atoms with Gasteiger partial charge in [-0.2, -0.15) is 0 Å². The number of anilines is 1. The van der Waals surface area contributed by atoms with Gasteiger partial charge in [0.05, 0.1) is 10.4 Å². The van der Waals surface area contributed by atoms with E-state index in [1.54, 1.807) is 0 Å². The Balaban J connectivity index is 2.71. The first-order valence-electron chi connectivity index (χ1n) is 6.16. The molecule has 0 saturated heterocycles. The maximum Gasteiger partial charge on any atom is 0.311 e. The normalized spacial score (nSPS) is 10.6. The molecule has 1 heterocycles. The molecule has 0 fully saturated rings. The van der Waals surface area contributed by atoms with Crippen LogP contribution in [0, 0.1) is 10.1 Å². The monoisotopic (exact) mass is 260 g/mol. The predicted molar refractivity (Wildman–Crippen MR) is 75.3 cm³/mol. The highest BCUT2D eigenvalue weighted by Crippen LogP contribution is 2.34. The minimum absolute atomic E-state index is 0.0222. The van der Waals surface area contributed by atoms with Crippen molar-refractivity contribution in [1.29, 1.82) is 0 Å². The number of nitrogens with zero attached hydrogens (tertiary/aromatic N) is 3. The summed E-state index contributed by atoms with van der Waals surface area (Å²) in [5, 5.41) is 12.0. The van der Waals surface area contributed by atoms with E-state index < -0.39 is 4.92 Å². The highest BCUT2D eigenvalue weighted by atomic mass is 16.6. The van der Waals surface area contributed by atoms with Crippen LogP contribution in [0.3, 0.4) is 0 Å². The van der Waals surface area contributed by atoms with Crippen LogP contribution in [0.5, 0.6) is 0 Å². The van der Waals surface area contributed by atoms with E-state index in [0.717, 1.165) is 10.9 Å². The van der Waals surface area contributed by atoms with E-state index in [1.165, 1.54) is 6.20 Å². The van der Waals surface area contributed by atoms with Crippen LogP contribution in [-0.2, 0) is 0 Å². The molecule has 1 aromatic carbocycles. The Bertz CT molecular complexity index is 600. The molecule has 19 heavy (non-hydrogen) atoms. The lowest BCUT2D eigenvalue weighted by molar-refractivity contribution is -0.384. The van der Waals surface area contributed by atoms with Gasteiger partial charge >= 0.3 is 5.69 Å². The van der Waals surface area contributed by atoms with Crippen LogP contribution in [0.2, 0.25) is 0 Å². The summed E-state index contributed by atoms with van der Waals surface area (Å²) in [4.78, 5) is 16.9. The summed E-state index contributed by atoms with van der Waals surface area (Å²) >= 11 is 0. The molecule has 2 rings (SSSR count). The van der Waals surface area contributed by atoms with Crippen molar-refractivity contribution in [3.05, 3.63) is 40.6 Å². The molecule has 2 N–H and O–H groups in total. The fourth-order valence-electron chi connectivity index (χ4n) is 2.17. The minimum Gasteiger partial charge on any atom is -0.364 e. The summed E-state index contributed by atoms with van der Waals surface area (Å²) in [6.07, 6.45) is 1.32. The molecule has 0 aliphatic heterocycles. The standard InChI is InChI=1S/C13H16N4O2/c1-2-16(8-7-14)13-10-5-3-4-6-11(10)15-9-12(13)17(18)19/h3-6,9H,2,7-8,14H2,1H3. The van der Waals surface area contributed by atoms with Crippen molar-refractivity contribution < 1.29 is 4.92 Å².